The highest BCUT2D eigenvalue weighted by Crippen LogP contribution is 2.26. The largest absolute Gasteiger partial charge is 0.374 e. The van der Waals surface area contributed by atoms with E-state index in [1.807, 2.05) is 0 Å². The molecular weight excluding hydrogens is 256 g/mol. The Labute approximate surface area is 121 Å². The molecule has 110 valence electrons. The minimum atomic E-state index is 0.136. The van der Waals surface area contributed by atoms with Gasteiger partial charge in [-0.25, -0.2) is 4.98 Å². The van der Waals surface area contributed by atoms with Crippen LogP contribution in [-0.2, 0) is 17.9 Å². The summed E-state index contributed by atoms with van der Waals surface area (Å²) in [4.78, 5) is 6.08. The smallest absolute Gasteiger partial charge is 0.119 e. The fourth-order valence-corrected chi connectivity index (χ4v) is 2.80. The first-order valence-corrected chi connectivity index (χ1v) is 7.96. The molecule has 0 atom stereocenters. The molecule has 0 aliphatic heterocycles. The Morgan fingerprint density at radius 1 is 1.32 bits per heavy atom. The Morgan fingerprint density at radius 3 is 2.53 bits per heavy atom. The van der Waals surface area contributed by atoms with Crippen molar-refractivity contribution in [2.75, 3.05) is 6.61 Å². The van der Waals surface area contributed by atoms with Crippen molar-refractivity contribution in [1.29, 1.82) is 0 Å². The molecule has 1 aromatic heterocycles. The van der Waals surface area contributed by atoms with E-state index in [0.29, 0.717) is 12.5 Å². The van der Waals surface area contributed by atoms with E-state index in [1.165, 1.54) is 10.6 Å². The molecule has 0 aliphatic carbocycles. The van der Waals surface area contributed by atoms with Crippen LogP contribution in [0.1, 0.15) is 69.5 Å². The highest BCUT2D eigenvalue weighted by atomic mass is 32.1. The van der Waals surface area contributed by atoms with E-state index in [1.54, 1.807) is 11.3 Å². The van der Waals surface area contributed by atoms with Crippen LogP contribution in [0.3, 0.4) is 0 Å². The molecule has 0 amide bonds. The second kappa shape index (κ2) is 7.36. The van der Waals surface area contributed by atoms with Crippen LogP contribution in [0, 0.1) is 0 Å². The molecule has 19 heavy (non-hydrogen) atoms. The third-order valence-corrected chi connectivity index (χ3v) is 3.72. The van der Waals surface area contributed by atoms with Crippen LogP contribution in [0.4, 0.5) is 0 Å². The Balaban J connectivity index is 2.71. The van der Waals surface area contributed by atoms with Crippen molar-refractivity contribution in [2.24, 2.45) is 0 Å². The quantitative estimate of drug-likeness (QED) is 0.766. The van der Waals surface area contributed by atoms with E-state index in [9.17, 15) is 0 Å². The van der Waals surface area contributed by atoms with Gasteiger partial charge < -0.3 is 10.1 Å². The number of hydrogen-bond acceptors (Lipinski definition) is 4. The minimum absolute atomic E-state index is 0.136. The van der Waals surface area contributed by atoms with Gasteiger partial charge in [-0.15, -0.1) is 11.3 Å². The fourth-order valence-electron chi connectivity index (χ4n) is 1.70. The van der Waals surface area contributed by atoms with Crippen molar-refractivity contribution < 1.29 is 4.74 Å². The maximum Gasteiger partial charge on any atom is 0.119 e. The van der Waals surface area contributed by atoms with Crippen LogP contribution in [0.25, 0.3) is 0 Å². The molecule has 0 saturated heterocycles. The fraction of sp³-hybridized carbons (Fsp3) is 0.800. The average Bonchev–Trinajstić information content (AvgIpc) is 2.69. The molecule has 1 N–H and O–H groups in total. The van der Waals surface area contributed by atoms with Gasteiger partial charge in [0.1, 0.15) is 5.01 Å². The van der Waals surface area contributed by atoms with Gasteiger partial charge in [-0.05, 0) is 33.1 Å². The first kappa shape index (κ1) is 16.6. The summed E-state index contributed by atoms with van der Waals surface area (Å²) in [6.45, 7) is 15.4. The molecule has 3 nitrogen and oxygen atoms in total. The maximum absolute atomic E-state index is 5.59. The van der Waals surface area contributed by atoms with E-state index in [0.717, 1.165) is 24.6 Å². The summed E-state index contributed by atoms with van der Waals surface area (Å²) in [7, 11) is 0. The third-order valence-electron chi connectivity index (χ3n) is 2.67. The topological polar surface area (TPSA) is 34.1 Å². The summed E-state index contributed by atoms with van der Waals surface area (Å²) in [5.74, 6) is 0.466. The molecule has 0 aliphatic rings. The predicted octanol–water partition coefficient (Wildman–Crippen LogP) is 4.08. The molecule has 0 saturated carbocycles. The summed E-state index contributed by atoms with van der Waals surface area (Å²) < 4.78 is 5.59. The number of nitrogens with one attached hydrogen (secondary N) is 1. The van der Waals surface area contributed by atoms with Crippen molar-refractivity contribution >= 4 is 11.3 Å². The molecule has 0 unspecified atom stereocenters. The van der Waals surface area contributed by atoms with Crippen molar-refractivity contribution in [3.8, 4) is 0 Å². The van der Waals surface area contributed by atoms with E-state index < -0.39 is 0 Å². The number of aromatic nitrogens is 1. The lowest BCUT2D eigenvalue weighted by Gasteiger charge is -2.20. The lowest BCUT2D eigenvalue weighted by atomic mass is 10.1. The SMILES string of the molecule is CCCOCc1nc(C(C)C)c(CNC(C)(C)C)s1. The van der Waals surface area contributed by atoms with Crippen LogP contribution in [0.15, 0.2) is 0 Å². The van der Waals surface area contributed by atoms with E-state index >= 15 is 0 Å². The van der Waals surface area contributed by atoms with Crippen LogP contribution < -0.4 is 5.32 Å². The summed E-state index contributed by atoms with van der Waals surface area (Å²) in [5.41, 5.74) is 1.36. The van der Waals surface area contributed by atoms with Gasteiger partial charge >= 0.3 is 0 Å². The zero-order valence-corrected chi connectivity index (χ0v) is 14.0. The predicted molar refractivity (Wildman–Crippen MR) is 82.7 cm³/mol. The molecular formula is C15H28N2OS. The zero-order chi connectivity index (χ0) is 14.5. The summed E-state index contributed by atoms with van der Waals surface area (Å²) in [6, 6.07) is 0. The number of nitrogens with zero attached hydrogens (tertiary/aromatic N) is 1. The van der Waals surface area contributed by atoms with E-state index in [-0.39, 0.29) is 5.54 Å². The monoisotopic (exact) mass is 284 g/mol. The summed E-state index contributed by atoms with van der Waals surface area (Å²) in [5, 5.41) is 4.64. The lowest BCUT2D eigenvalue weighted by Crippen LogP contribution is -2.35. The second-order valence-electron chi connectivity index (χ2n) is 6.23. The lowest BCUT2D eigenvalue weighted by molar-refractivity contribution is 0.121. The van der Waals surface area contributed by atoms with Crippen molar-refractivity contribution in [3.63, 3.8) is 0 Å². The minimum Gasteiger partial charge on any atom is -0.374 e. The molecule has 1 aromatic rings. The van der Waals surface area contributed by atoms with Crippen molar-refractivity contribution in [1.82, 2.24) is 10.3 Å². The van der Waals surface area contributed by atoms with Crippen LogP contribution in [0.2, 0.25) is 0 Å². The average molecular weight is 284 g/mol. The van der Waals surface area contributed by atoms with E-state index in [4.69, 9.17) is 9.72 Å². The molecule has 0 aromatic carbocycles. The van der Waals surface area contributed by atoms with Crippen LogP contribution in [0.5, 0.6) is 0 Å². The van der Waals surface area contributed by atoms with Gasteiger partial charge in [0.25, 0.3) is 0 Å². The number of ether oxygens (including phenoxy) is 1. The molecule has 0 fully saturated rings. The van der Waals surface area contributed by atoms with Crippen molar-refractivity contribution in [3.05, 3.63) is 15.6 Å². The second-order valence-corrected chi connectivity index (χ2v) is 7.40. The normalized spacial score (nSPS) is 12.4. The van der Waals surface area contributed by atoms with Crippen LogP contribution in [-0.4, -0.2) is 17.1 Å². The van der Waals surface area contributed by atoms with Gasteiger partial charge in [-0.3, -0.25) is 0 Å². The van der Waals surface area contributed by atoms with Crippen LogP contribution >= 0.6 is 11.3 Å². The number of thiazole rings is 1. The summed E-state index contributed by atoms with van der Waals surface area (Å²) in [6.07, 6.45) is 1.06. The van der Waals surface area contributed by atoms with Gasteiger partial charge in [-0.1, -0.05) is 20.8 Å². The number of rotatable bonds is 7. The van der Waals surface area contributed by atoms with E-state index in [2.05, 4.69) is 46.9 Å². The first-order valence-electron chi connectivity index (χ1n) is 7.14. The van der Waals surface area contributed by atoms with Gasteiger partial charge in [0.05, 0.1) is 12.3 Å². The van der Waals surface area contributed by atoms with Gasteiger partial charge in [0, 0.05) is 23.6 Å². The first-order chi connectivity index (χ1) is 8.83. The van der Waals surface area contributed by atoms with Gasteiger partial charge in [-0.2, -0.15) is 0 Å². The van der Waals surface area contributed by atoms with Gasteiger partial charge in [0.2, 0.25) is 0 Å². The number of hydrogen-bond donors (Lipinski definition) is 1. The zero-order valence-electron chi connectivity index (χ0n) is 13.2. The maximum atomic E-state index is 5.59. The highest BCUT2D eigenvalue weighted by Gasteiger charge is 2.16. The van der Waals surface area contributed by atoms with Gasteiger partial charge in [0.15, 0.2) is 0 Å². The third kappa shape index (κ3) is 6.02. The Hall–Kier alpha value is -0.450. The Kier molecular flexibility index (Phi) is 6.43. The molecule has 0 radical (unpaired) electrons. The van der Waals surface area contributed by atoms with Crippen molar-refractivity contribution in [2.45, 2.75) is 72.6 Å². The molecule has 0 bridgehead atoms. The highest BCUT2D eigenvalue weighted by molar-refractivity contribution is 7.11. The Bertz CT molecular complexity index is 380. The Morgan fingerprint density at radius 2 is 2.00 bits per heavy atom. The summed E-state index contributed by atoms with van der Waals surface area (Å²) >= 11 is 1.78. The standard InChI is InChI=1S/C15H28N2OS/c1-7-8-18-10-13-17-14(11(2)3)12(19-13)9-16-15(4,5)6/h11,16H,7-10H2,1-6H3. The molecule has 1 rings (SSSR count). The molecule has 0 spiro atoms. The molecule has 4 heteroatoms. The molecule has 1 heterocycles.